The van der Waals surface area contributed by atoms with Gasteiger partial charge >= 0.3 is 6.03 Å². The Morgan fingerprint density at radius 3 is 2.48 bits per heavy atom. The van der Waals surface area contributed by atoms with Gasteiger partial charge in [-0.1, -0.05) is 0 Å². The van der Waals surface area contributed by atoms with E-state index in [-0.39, 0.29) is 30.4 Å². The van der Waals surface area contributed by atoms with Gasteiger partial charge in [-0.3, -0.25) is 4.79 Å². The van der Waals surface area contributed by atoms with Crippen LogP contribution in [-0.2, 0) is 9.53 Å². The van der Waals surface area contributed by atoms with E-state index in [9.17, 15) is 9.59 Å². The average Bonchev–Trinajstić information content (AvgIpc) is 2.48. The molecule has 0 saturated carbocycles. The number of amides is 3. The van der Waals surface area contributed by atoms with Crippen LogP contribution in [0.1, 0.15) is 13.3 Å². The van der Waals surface area contributed by atoms with Gasteiger partial charge in [-0.05, 0) is 6.92 Å². The van der Waals surface area contributed by atoms with Crippen LogP contribution in [0.25, 0.3) is 0 Å². The molecule has 0 aromatic rings. The molecule has 2 saturated heterocycles. The van der Waals surface area contributed by atoms with E-state index in [1.165, 1.54) is 0 Å². The normalized spacial score (nSPS) is 22.4. The molecule has 0 radical (unpaired) electrons. The molecule has 3 amide bonds. The van der Waals surface area contributed by atoms with Crippen LogP contribution in [-0.4, -0.2) is 80.3 Å². The summed E-state index contributed by atoms with van der Waals surface area (Å²) < 4.78 is 5.35. The predicted molar refractivity (Wildman–Crippen MR) is 81.7 cm³/mol. The summed E-state index contributed by atoms with van der Waals surface area (Å²) in [6.45, 7) is 7.09. The number of hydrogen-bond acceptors (Lipinski definition) is 4. The first kappa shape index (κ1) is 18.0. The lowest BCUT2D eigenvalue weighted by molar-refractivity contribution is -0.133. The number of nitrogens with one attached hydrogen (secondary N) is 2. The van der Waals surface area contributed by atoms with E-state index in [1.54, 1.807) is 4.90 Å². The maximum atomic E-state index is 12.2. The van der Waals surface area contributed by atoms with Crippen LogP contribution in [0, 0.1) is 0 Å². The van der Waals surface area contributed by atoms with Crippen molar-refractivity contribution < 1.29 is 14.3 Å². The van der Waals surface area contributed by atoms with Crippen molar-refractivity contribution >= 4 is 24.3 Å². The highest BCUT2D eigenvalue weighted by atomic mass is 35.5. The van der Waals surface area contributed by atoms with Crippen LogP contribution in [0.15, 0.2) is 0 Å². The van der Waals surface area contributed by atoms with Gasteiger partial charge in [0.2, 0.25) is 5.91 Å². The SMILES string of the molecule is CCNC(=O)N1CCN(C(=O)CC2COCCN2)CC1.Cl. The minimum Gasteiger partial charge on any atom is -0.378 e. The summed E-state index contributed by atoms with van der Waals surface area (Å²) in [5.41, 5.74) is 0. The smallest absolute Gasteiger partial charge is 0.317 e. The van der Waals surface area contributed by atoms with Crippen molar-refractivity contribution in [3.05, 3.63) is 0 Å². The summed E-state index contributed by atoms with van der Waals surface area (Å²) >= 11 is 0. The van der Waals surface area contributed by atoms with Gasteiger partial charge in [-0.25, -0.2) is 4.79 Å². The number of halogens is 1. The van der Waals surface area contributed by atoms with Crippen LogP contribution in [0.4, 0.5) is 4.79 Å². The first-order valence-corrected chi connectivity index (χ1v) is 7.32. The van der Waals surface area contributed by atoms with E-state index >= 15 is 0 Å². The molecule has 0 aromatic heterocycles. The highest BCUT2D eigenvalue weighted by molar-refractivity contribution is 5.85. The molecular formula is C13H25ClN4O3. The highest BCUT2D eigenvalue weighted by Gasteiger charge is 2.26. The van der Waals surface area contributed by atoms with Gasteiger partial charge in [0.05, 0.1) is 13.2 Å². The fourth-order valence-electron chi connectivity index (χ4n) is 2.51. The fraction of sp³-hybridized carbons (Fsp3) is 0.846. The molecule has 0 aliphatic carbocycles. The van der Waals surface area contributed by atoms with Gasteiger partial charge in [0.15, 0.2) is 0 Å². The van der Waals surface area contributed by atoms with Crippen LogP contribution in [0.2, 0.25) is 0 Å². The third kappa shape index (κ3) is 5.33. The van der Waals surface area contributed by atoms with Crippen molar-refractivity contribution in [2.75, 3.05) is 52.5 Å². The zero-order valence-electron chi connectivity index (χ0n) is 12.5. The van der Waals surface area contributed by atoms with Gasteiger partial charge in [0.1, 0.15) is 0 Å². The quantitative estimate of drug-likeness (QED) is 0.746. The molecule has 8 heteroatoms. The molecule has 2 N–H and O–H groups in total. The van der Waals surface area contributed by atoms with Crippen molar-refractivity contribution in [3.8, 4) is 0 Å². The van der Waals surface area contributed by atoms with Crippen LogP contribution in [0.5, 0.6) is 0 Å². The van der Waals surface area contributed by atoms with Crippen LogP contribution >= 0.6 is 12.4 Å². The van der Waals surface area contributed by atoms with E-state index in [1.807, 2.05) is 11.8 Å². The van der Waals surface area contributed by atoms with Crippen molar-refractivity contribution in [1.82, 2.24) is 20.4 Å². The number of nitrogens with zero attached hydrogens (tertiary/aromatic N) is 2. The Morgan fingerprint density at radius 1 is 1.24 bits per heavy atom. The van der Waals surface area contributed by atoms with Crippen molar-refractivity contribution in [3.63, 3.8) is 0 Å². The van der Waals surface area contributed by atoms with Crippen molar-refractivity contribution in [2.45, 2.75) is 19.4 Å². The third-order valence-electron chi connectivity index (χ3n) is 3.67. The largest absolute Gasteiger partial charge is 0.378 e. The van der Waals surface area contributed by atoms with Crippen molar-refractivity contribution in [2.24, 2.45) is 0 Å². The standard InChI is InChI=1S/C13H24N4O3.ClH/c1-2-14-13(19)17-6-4-16(5-7-17)12(18)9-11-10-20-8-3-15-11;/h11,15H,2-10H2,1H3,(H,14,19);1H. The van der Waals surface area contributed by atoms with Crippen LogP contribution in [0.3, 0.4) is 0 Å². The molecule has 2 aliphatic heterocycles. The highest BCUT2D eigenvalue weighted by Crippen LogP contribution is 2.07. The van der Waals surface area contributed by atoms with E-state index in [2.05, 4.69) is 10.6 Å². The molecular weight excluding hydrogens is 296 g/mol. The molecule has 2 aliphatic rings. The van der Waals surface area contributed by atoms with E-state index in [4.69, 9.17) is 4.74 Å². The summed E-state index contributed by atoms with van der Waals surface area (Å²) in [5.74, 6) is 0.142. The maximum absolute atomic E-state index is 12.2. The molecule has 1 unspecified atom stereocenters. The first-order chi connectivity index (χ1) is 9.70. The van der Waals surface area contributed by atoms with Gasteiger partial charge < -0.3 is 25.2 Å². The summed E-state index contributed by atoms with van der Waals surface area (Å²) in [5, 5.41) is 6.07. The number of morpholine rings is 1. The number of piperazine rings is 1. The second kappa shape index (κ2) is 9.07. The summed E-state index contributed by atoms with van der Waals surface area (Å²) in [7, 11) is 0. The van der Waals surface area contributed by atoms with Gasteiger partial charge in [0, 0.05) is 51.7 Å². The zero-order chi connectivity index (χ0) is 14.4. The van der Waals surface area contributed by atoms with Gasteiger partial charge in [-0.15, -0.1) is 12.4 Å². The number of rotatable bonds is 3. The number of carbonyl (C=O) groups is 2. The Morgan fingerprint density at radius 2 is 1.90 bits per heavy atom. The number of hydrogen-bond donors (Lipinski definition) is 2. The Labute approximate surface area is 131 Å². The molecule has 1 atom stereocenters. The first-order valence-electron chi connectivity index (χ1n) is 7.32. The zero-order valence-corrected chi connectivity index (χ0v) is 13.3. The van der Waals surface area contributed by atoms with E-state index in [0.29, 0.717) is 45.8 Å². The monoisotopic (exact) mass is 320 g/mol. The summed E-state index contributed by atoms with van der Waals surface area (Å²) in [6, 6.07) is 0.0830. The predicted octanol–water partition coefficient (Wildman–Crippen LogP) is -0.340. The minimum atomic E-state index is -0.0399. The fourth-order valence-corrected chi connectivity index (χ4v) is 2.51. The molecule has 2 rings (SSSR count). The number of carbonyl (C=O) groups excluding carboxylic acids is 2. The molecule has 0 aromatic carbocycles. The molecule has 122 valence electrons. The number of ether oxygens (including phenoxy) is 1. The van der Waals surface area contributed by atoms with Crippen LogP contribution < -0.4 is 10.6 Å². The molecule has 2 fully saturated rings. The minimum absolute atomic E-state index is 0. The summed E-state index contributed by atoms with van der Waals surface area (Å²) in [6.07, 6.45) is 0.473. The Kier molecular flexibility index (Phi) is 7.77. The second-order valence-electron chi connectivity index (χ2n) is 5.13. The van der Waals surface area contributed by atoms with Crippen molar-refractivity contribution in [1.29, 1.82) is 0 Å². The Balaban J connectivity index is 0.00000220. The molecule has 0 bridgehead atoms. The Hall–Kier alpha value is -1.05. The lowest BCUT2D eigenvalue weighted by Gasteiger charge is -2.35. The molecule has 0 spiro atoms. The van der Waals surface area contributed by atoms with E-state index in [0.717, 1.165) is 13.2 Å². The van der Waals surface area contributed by atoms with E-state index < -0.39 is 0 Å². The lowest BCUT2D eigenvalue weighted by atomic mass is 10.1. The second-order valence-corrected chi connectivity index (χ2v) is 5.13. The Bertz CT molecular complexity index is 342. The summed E-state index contributed by atoms with van der Waals surface area (Å²) in [4.78, 5) is 27.5. The lowest BCUT2D eigenvalue weighted by Crippen LogP contribution is -2.54. The molecule has 7 nitrogen and oxygen atoms in total. The maximum Gasteiger partial charge on any atom is 0.317 e. The third-order valence-corrected chi connectivity index (χ3v) is 3.67. The topological polar surface area (TPSA) is 73.9 Å². The number of urea groups is 1. The molecule has 21 heavy (non-hydrogen) atoms. The average molecular weight is 321 g/mol. The van der Waals surface area contributed by atoms with Gasteiger partial charge in [0.25, 0.3) is 0 Å². The van der Waals surface area contributed by atoms with Gasteiger partial charge in [-0.2, -0.15) is 0 Å². The molecule has 2 heterocycles.